The molecule has 2 N–H and O–H groups in total. The highest BCUT2D eigenvalue weighted by molar-refractivity contribution is 7.88. The Morgan fingerprint density at radius 2 is 1.91 bits per heavy atom. The van der Waals surface area contributed by atoms with E-state index in [0.717, 1.165) is 18.8 Å². The number of sulfonamides is 1. The maximum Gasteiger partial charge on any atom is 0.209 e. The molecule has 0 radical (unpaired) electrons. The molecule has 0 amide bonds. The Hall–Kier alpha value is -1.60. The van der Waals surface area contributed by atoms with E-state index < -0.39 is 15.6 Å². The zero-order valence-corrected chi connectivity index (χ0v) is 15.7. The smallest absolute Gasteiger partial charge is 0.209 e. The second kappa shape index (κ2) is 7.79. The molecule has 1 rings (SSSR count). The zero-order valence-electron chi connectivity index (χ0n) is 14.8. The molecular formula is C16H28N4O2S. The number of guanidine groups is 1. The minimum atomic E-state index is -3.25. The van der Waals surface area contributed by atoms with Crippen molar-refractivity contribution in [1.29, 1.82) is 0 Å². The Labute approximate surface area is 140 Å². The molecule has 0 aromatic heterocycles. The van der Waals surface area contributed by atoms with Gasteiger partial charge in [-0.3, -0.25) is 4.99 Å². The summed E-state index contributed by atoms with van der Waals surface area (Å²) in [5, 5.41) is 3.22. The number of hydrogen-bond donors (Lipinski definition) is 2. The molecule has 0 aliphatic rings. The van der Waals surface area contributed by atoms with Crippen molar-refractivity contribution in [3.63, 3.8) is 0 Å². The summed E-state index contributed by atoms with van der Waals surface area (Å²) in [5.74, 6) is 0.719. The third kappa shape index (κ3) is 7.00. The van der Waals surface area contributed by atoms with Crippen LogP contribution in [0.15, 0.2) is 29.3 Å². The van der Waals surface area contributed by atoms with E-state index in [1.54, 1.807) is 7.05 Å². The molecule has 1 aromatic rings. The molecule has 0 aliphatic carbocycles. The summed E-state index contributed by atoms with van der Waals surface area (Å²) in [6.45, 7) is 6.90. The van der Waals surface area contributed by atoms with Crippen LogP contribution in [-0.2, 0) is 16.6 Å². The Bertz CT molecular complexity index is 654. The predicted molar refractivity (Wildman–Crippen MR) is 96.1 cm³/mol. The standard InChI is InChI=1S/C16H28N4O2S/c1-13-9-7-8-10-14(13)11-20(5)15(17-4)18-12-16(2,3)19-23(6,21)22/h7-10,19H,11-12H2,1-6H3,(H,17,18). The first-order chi connectivity index (χ1) is 10.5. The van der Waals surface area contributed by atoms with Gasteiger partial charge in [-0.2, -0.15) is 0 Å². The van der Waals surface area contributed by atoms with Crippen molar-refractivity contribution in [2.75, 3.05) is 26.9 Å². The molecule has 0 saturated heterocycles. The van der Waals surface area contributed by atoms with Crippen LogP contribution in [0.2, 0.25) is 0 Å². The summed E-state index contributed by atoms with van der Waals surface area (Å²) in [4.78, 5) is 6.28. The Balaban J connectivity index is 2.69. The van der Waals surface area contributed by atoms with E-state index in [9.17, 15) is 8.42 Å². The van der Waals surface area contributed by atoms with Gasteiger partial charge in [-0.15, -0.1) is 0 Å². The fraction of sp³-hybridized carbons (Fsp3) is 0.562. The van der Waals surface area contributed by atoms with Crippen molar-refractivity contribution < 1.29 is 8.42 Å². The van der Waals surface area contributed by atoms with E-state index in [1.165, 1.54) is 11.1 Å². The van der Waals surface area contributed by atoms with E-state index in [4.69, 9.17) is 0 Å². The largest absolute Gasteiger partial charge is 0.354 e. The Morgan fingerprint density at radius 3 is 2.43 bits per heavy atom. The van der Waals surface area contributed by atoms with Crippen LogP contribution in [0.3, 0.4) is 0 Å². The van der Waals surface area contributed by atoms with Gasteiger partial charge in [-0.25, -0.2) is 13.1 Å². The van der Waals surface area contributed by atoms with Gasteiger partial charge in [0.2, 0.25) is 10.0 Å². The maximum atomic E-state index is 11.4. The molecule has 0 saturated carbocycles. The molecule has 7 heteroatoms. The van der Waals surface area contributed by atoms with Crippen molar-refractivity contribution >= 4 is 16.0 Å². The van der Waals surface area contributed by atoms with Crippen LogP contribution < -0.4 is 10.0 Å². The van der Waals surface area contributed by atoms with Crippen molar-refractivity contribution in [2.45, 2.75) is 32.9 Å². The Morgan fingerprint density at radius 1 is 1.30 bits per heavy atom. The van der Waals surface area contributed by atoms with E-state index in [2.05, 4.69) is 34.1 Å². The van der Waals surface area contributed by atoms with Gasteiger partial charge < -0.3 is 10.2 Å². The van der Waals surface area contributed by atoms with Gasteiger partial charge in [0.05, 0.1) is 6.26 Å². The maximum absolute atomic E-state index is 11.4. The first-order valence-electron chi connectivity index (χ1n) is 7.49. The van der Waals surface area contributed by atoms with Crippen LogP contribution in [-0.4, -0.2) is 51.7 Å². The summed E-state index contributed by atoms with van der Waals surface area (Å²) >= 11 is 0. The van der Waals surface area contributed by atoms with Gasteiger partial charge in [0.15, 0.2) is 5.96 Å². The average Bonchev–Trinajstić information content (AvgIpc) is 2.39. The minimum absolute atomic E-state index is 0.435. The van der Waals surface area contributed by atoms with Crippen LogP contribution in [0.1, 0.15) is 25.0 Å². The zero-order chi connectivity index (χ0) is 17.7. The van der Waals surface area contributed by atoms with Gasteiger partial charge in [0, 0.05) is 32.7 Å². The number of benzene rings is 1. The van der Waals surface area contributed by atoms with E-state index in [1.807, 2.05) is 37.9 Å². The minimum Gasteiger partial charge on any atom is -0.354 e. The van der Waals surface area contributed by atoms with Crippen molar-refractivity contribution in [3.05, 3.63) is 35.4 Å². The molecule has 0 fully saturated rings. The number of hydrogen-bond acceptors (Lipinski definition) is 3. The molecule has 0 atom stereocenters. The number of nitrogens with one attached hydrogen (secondary N) is 2. The van der Waals surface area contributed by atoms with Gasteiger partial charge >= 0.3 is 0 Å². The molecule has 1 aromatic carbocycles. The average molecular weight is 340 g/mol. The summed E-state index contributed by atoms with van der Waals surface area (Å²) in [5.41, 5.74) is 1.85. The first-order valence-corrected chi connectivity index (χ1v) is 9.38. The quantitative estimate of drug-likeness (QED) is 0.605. The monoisotopic (exact) mass is 340 g/mol. The first kappa shape index (κ1) is 19.4. The lowest BCUT2D eigenvalue weighted by Crippen LogP contribution is -2.53. The molecular weight excluding hydrogens is 312 g/mol. The van der Waals surface area contributed by atoms with E-state index in [0.29, 0.717) is 6.54 Å². The molecule has 0 spiro atoms. The number of aryl methyl sites for hydroxylation is 1. The van der Waals surface area contributed by atoms with Gasteiger partial charge in [0.1, 0.15) is 0 Å². The van der Waals surface area contributed by atoms with E-state index in [-0.39, 0.29) is 0 Å². The number of aliphatic imine (C=N–C) groups is 1. The van der Waals surface area contributed by atoms with Crippen LogP contribution in [0, 0.1) is 6.92 Å². The summed E-state index contributed by atoms with van der Waals surface area (Å²) in [6, 6.07) is 8.21. The van der Waals surface area contributed by atoms with Crippen molar-refractivity contribution in [1.82, 2.24) is 14.9 Å². The highest BCUT2D eigenvalue weighted by Crippen LogP contribution is 2.10. The van der Waals surface area contributed by atoms with Crippen LogP contribution in [0.25, 0.3) is 0 Å². The van der Waals surface area contributed by atoms with Gasteiger partial charge in [0.25, 0.3) is 0 Å². The molecule has 130 valence electrons. The summed E-state index contributed by atoms with van der Waals surface area (Å²) in [6.07, 6.45) is 1.16. The second-order valence-corrected chi connectivity index (χ2v) is 8.19. The van der Waals surface area contributed by atoms with Crippen LogP contribution >= 0.6 is 0 Å². The van der Waals surface area contributed by atoms with Gasteiger partial charge in [-0.05, 0) is 31.9 Å². The van der Waals surface area contributed by atoms with E-state index >= 15 is 0 Å². The third-order valence-corrected chi connectivity index (χ3v) is 4.32. The van der Waals surface area contributed by atoms with Crippen molar-refractivity contribution in [3.8, 4) is 0 Å². The molecule has 0 bridgehead atoms. The predicted octanol–water partition coefficient (Wildman–Crippen LogP) is 1.33. The van der Waals surface area contributed by atoms with Gasteiger partial charge in [-0.1, -0.05) is 24.3 Å². The molecule has 6 nitrogen and oxygen atoms in total. The fourth-order valence-electron chi connectivity index (χ4n) is 2.34. The normalized spacial score (nSPS) is 13.0. The number of rotatable bonds is 6. The SMILES string of the molecule is CN=C(NCC(C)(C)NS(C)(=O)=O)N(C)Cc1ccccc1C. The Kier molecular flexibility index (Phi) is 6.58. The third-order valence-electron chi connectivity index (χ3n) is 3.39. The van der Waals surface area contributed by atoms with Crippen LogP contribution in [0.4, 0.5) is 0 Å². The topological polar surface area (TPSA) is 73.8 Å². The van der Waals surface area contributed by atoms with Crippen LogP contribution in [0.5, 0.6) is 0 Å². The fourth-order valence-corrected chi connectivity index (χ4v) is 3.42. The molecule has 0 aliphatic heterocycles. The highest BCUT2D eigenvalue weighted by Gasteiger charge is 2.23. The lowest BCUT2D eigenvalue weighted by molar-refractivity contribution is 0.422. The summed E-state index contributed by atoms with van der Waals surface area (Å²) in [7, 11) is 0.419. The highest BCUT2D eigenvalue weighted by atomic mass is 32.2. The molecule has 23 heavy (non-hydrogen) atoms. The second-order valence-electron chi connectivity index (χ2n) is 6.44. The summed E-state index contributed by atoms with van der Waals surface area (Å²) < 4.78 is 25.4. The molecule has 0 heterocycles. The number of nitrogens with zero attached hydrogens (tertiary/aromatic N) is 2. The van der Waals surface area contributed by atoms with Crippen molar-refractivity contribution in [2.24, 2.45) is 4.99 Å². The lowest BCUT2D eigenvalue weighted by atomic mass is 10.1. The molecule has 0 unspecified atom stereocenters. The lowest BCUT2D eigenvalue weighted by Gasteiger charge is -2.29.